The monoisotopic (exact) mass is 1270 g/mol. The van der Waals surface area contributed by atoms with Gasteiger partial charge >= 0.3 is 33.7 Å². The first-order valence-electron chi connectivity index (χ1n) is 28.4. The third-order valence-corrected chi connectivity index (χ3v) is 14.3. The van der Waals surface area contributed by atoms with Crippen molar-refractivity contribution in [2.45, 2.75) is 114 Å². The number of carbonyl (C=O) groups is 4. The Labute approximate surface area is 503 Å². The number of hydrogen-bond acceptors (Lipinski definition) is 24. The minimum absolute atomic E-state index is 0.000165. The lowest BCUT2D eigenvalue weighted by Crippen LogP contribution is -2.64. The number of aliphatic hydroxyl groups excluding tert-OH is 4. The van der Waals surface area contributed by atoms with Gasteiger partial charge in [0.25, 0.3) is 0 Å². The zero-order valence-electron chi connectivity index (χ0n) is 48.3. The van der Waals surface area contributed by atoms with E-state index in [2.05, 4.69) is 37.5 Å². The molecular formula is C56H80N4O25P2. The fourth-order valence-electron chi connectivity index (χ4n) is 8.19. The maximum Gasteiger partial charge on any atom is 0.472 e. The predicted molar refractivity (Wildman–Crippen MR) is 306 cm³/mol. The van der Waals surface area contributed by atoms with E-state index in [1.165, 1.54) is 0 Å². The zero-order valence-corrected chi connectivity index (χ0v) is 50.1. The number of phosphoric acid groups is 2. The minimum atomic E-state index is -5.40. The Morgan fingerprint density at radius 3 is 1.64 bits per heavy atom. The van der Waals surface area contributed by atoms with Gasteiger partial charge in [0.05, 0.1) is 72.7 Å². The number of carbonyl (C=O) groups excluding carboxylic acids is 4. The van der Waals surface area contributed by atoms with Crippen LogP contribution in [-0.4, -0.2) is 204 Å². The van der Waals surface area contributed by atoms with E-state index >= 15 is 0 Å². The Bertz CT molecular complexity index is 2720. The van der Waals surface area contributed by atoms with E-state index < -0.39 is 89.6 Å². The number of nitrogens with zero attached hydrogens (tertiary/aromatic N) is 2. The van der Waals surface area contributed by atoms with Gasteiger partial charge in [-0.3, -0.25) is 28.0 Å². The lowest BCUT2D eigenvalue weighted by atomic mass is 9.85. The van der Waals surface area contributed by atoms with Gasteiger partial charge in [0.1, 0.15) is 49.8 Å². The van der Waals surface area contributed by atoms with Crippen LogP contribution in [0.25, 0.3) is 34.0 Å². The Balaban J connectivity index is 0.791. The van der Waals surface area contributed by atoms with Gasteiger partial charge in [0, 0.05) is 43.5 Å². The number of alkyl carbamates (subject to hydrolysis) is 1. The maximum absolute atomic E-state index is 12.9. The van der Waals surface area contributed by atoms with Gasteiger partial charge < -0.3 is 88.1 Å². The molecule has 0 aliphatic heterocycles. The molecule has 2 amide bonds. The molecule has 4 aromatic rings. The van der Waals surface area contributed by atoms with E-state index in [-0.39, 0.29) is 58.1 Å². The van der Waals surface area contributed by atoms with Crippen LogP contribution in [0.3, 0.4) is 0 Å². The summed E-state index contributed by atoms with van der Waals surface area (Å²) in [4.78, 5) is 78.0. The smallest absolute Gasteiger partial charge is 0.462 e. The third-order valence-electron chi connectivity index (χ3n) is 12.8. The highest BCUT2D eigenvalue weighted by atomic mass is 31.2. The van der Waals surface area contributed by atoms with Crippen molar-refractivity contribution in [1.29, 1.82) is 0 Å². The molecule has 0 saturated heterocycles. The molecule has 1 aliphatic rings. The largest absolute Gasteiger partial charge is 0.472 e. The molecule has 8 atom stereocenters. The SMILES string of the molecule is CCCCCC(=O)OC(COC(=O)CCCCCNC(=O)OCCOCCOCCOCCOCCOCCC(=O)NCc1ccc(-c2nnc(-c3ccc(-c4ccccc4)cc3)o2)cc1)COP(=O)(O)OC1C(O)C(O)C(O)C(OP(=O)(O)O)C1O. The van der Waals surface area contributed by atoms with Crippen LogP contribution < -0.4 is 10.6 Å². The van der Waals surface area contributed by atoms with Crippen LogP contribution in [0.15, 0.2) is 83.3 Å². The van der Waals surface area contributed by atoms with Crippen molar-refractivity contribution in [3.05, 3.63) is 84.4 Å². The number of hydrogen-bond donors (Lipinski definition) is 9. The molecule has 1 fully saturated rings. The second kappa shape index (κ2) is 39.4. The highest BCUT2D eigenvalue weighted by Crippen LogP contribution is 2.49. The Morgan fingerprint density at radius 1 is 0.540 bits per heavy atom. The topological polar surface area (TPSA) is 409 Å². The van der Waals surface area contributed by atoms with Crippen LogP contribution >= 0.6 is 15.6 Å². The van der Waals surface area contributed by atoms with Gasteiger partial charge in [-0.2, -0.15) is 0 Å². The normalized spacial score (nSPS) is 18.8. The average Bonchev–Trinajstić information content (AvgIpc) is 1.56. The molecule has 87 heavy (non-hydrogen) atoms. The third kappa shape index (κ3) is 28.2. The molecule has 29 nitrogen and oxygen atoms in total. The number of esters is 2. The molecule has 0 bridgehead atoms. The van der Waals surface area contributed by atoms with Gasteiger partial charge in [0.15, 0.2) is 6.10 Å². The lowest BCUT2D eigenvalue weighted by Gasteiger charge is -2.43. The summed E-state index contributed by atoms with van der Waals surface area (Å²) in [5, 5.41) is 54.9. The number of aliphatic hydroxyl groups is 4. The van der Waals surface area contributed by atoms with Crippen molar-refractivity contribution in [1.82, 2.24) is 20.8 Å². The van der Waals surface area contributed by atoms with Crippen molar-refractivity contribution in [2.24, 2.45) is 0 Å². The highest BCUT2D eigenvalue weighted by molar-refractivity contribution is 7.47. The fourth-order valence-corrected chi connectivity index (χ4v) is 9.73. The second-order valence-corrected chi connectivity index (χ2v) is 22.2. The van der Waals surface area contributed by atoms with Gasteiger partial charge in [-0.1, -0.05) is 80.8 Å². The molecule has 1 aliphatic carbocycles. The number of nitrogens with one attached hydrogen (secondary N) is 2. The molecule has 8 unspecified atom stereocenters. The quantitative estimate of drug-likeness (QED) is 0.0131. The summed E-state index contributed by atoms with van der Waals surface area (Å²) in [5.74, 6) is -0.777. The summed E-state index contributed by atoms with van der Waals surface area (Å²) in [6, 6.07) is 25.6. The van der Waals surface area contributed by atoms with E-state index in [1.54, 1.807) is 0 Å². The molecular weight excluding hydrogens is 1190 g/mol. The Kier molecular flexibility index (Phi) is 32.6. The standard InChI is InChI=1S/C56H80N4O25P2/c1-2-3-6-14-47(63)82-44(38-81-87(72,73)85-53-50(66)48(64)49(65)52(51(53)67)84-86(69,70)71)37-80-46(62)13-9-5-10-24-57-56(68)79-35-34-78-33-32-77-31-30-76-29-28-75-27-26-74-25-23-45(61)58-36-39-15-17-42(18-16-39)54-59-60-55(83-54)43-21-19-41(20-22-43)40-11-7-4-8-12-40/h4,7-8,11-12,15-22,44,48-53,64-67H,2-3,5-6,9-10,13-14,23-38H2,1H3,(H,57,68)(H,58,61)(H,72,73)(H2,69,70,71). The Morgan fingerprint density at radius 2 is 1.06 bits per heavy atom. The number of rotatable bonds is 43. The van der Waals surface area contributed by atoms with Crippen LogP contribution in [0.4, 0.5) is 4.79 Å². The van der Waals surface area contributed by atoms with E-state index in [0.29, 0.717) is 96.7 Å². The molecule has 31 heteroatoms. The summed E-state index contributed by atoms with van der Waals surface area (Å²) in [6.45, 7) is 4.01. The summed E-state index contributed by atoms with van der Waals surface area (Å²) in [6.07, 6.45) is -12.5. The van der Waals surface area contributed by atoms with E-state index in [9.17, 15) is 53.6 Å². The van der Waals surface area contributed by atoms with Crippen LogP contribution in [0.5, 0.6) is 0 Å². The summed E-state index contributed by atoms with van der Waals surface area (Å²) < 4.78 is 87.1. The summed E-state index contributed by atoms with van der Waals surface area (Å²) >= 11 is 0. The molecule has 9 N–H and O–H groups in total. The van der Waals surface area contributed by atoms with E-state index in [0.717, 1.165) is 34.2 Å². The molecule has 3 aromatic carbocycles. The lowest BCUT2D eigenvalue weighted by molar-refractivity contribution is -0.216. The maximum atomic E-state index is 12.9. The van der Waals surface area contributed by atoms with Crippen molar-refractivity contribution in [3.63, 3.8) is 0 Å². The van der Waals surface area contributed by atoms with Gasteiger partial charge in [-0.15, -0.1) is 10.2 Å². The first-order valence-corrected chi connectivity index (χ1v) is 31.5. The zero-order chi connectivity index (χ0) is 62.9. The molecule has 5 rings (SSSR count). The molecule has 0 spiro atoms. The van der Waals surface area contributed by atoms with Crippen molar-refractivity contribution in [3.8, 4) is 34.0 Å². The van der Waals surface area contributed by atoms with Gasteiger partial charge in [-0.05, 0) is 60.2 Å². The number of unbranched alkanes of at least 4 members (excludes halogenated alkanes) is 4. The van der Waals surface area contributed by atoms with Gasteiger partial charge in [0.2, 0.25) is 17.7 Å². The number of benzene rings is 3. The number of ether oxygens (including phenoxy) is 8. The Hall–Kier alpha value is -5.66. The molecule has 0 radical (unpaired) electrons. The van der Waals surface area contributed by atoms with Crippen molar-refractivity contribution in [2.75, 3.05) is 92.4 Å². The average molecular weight is 1270 g/mol. The highest BCUT2D eigenvalue weighted by Gasteiger charge is 2.54. The fraction of sp³-hybridized carbons (Fsp3) is 0.571. The van der Waals surface area contributed by atoms with Gasteiger partial charge in [-0.25, -0.2) is 13.9 Å². The predicted octanol–water partition coefficient (Wildman–Crippen LogP) is 3.92. The minimum Gasteiger partial charge on any atom is -0.462 e. The first kappa shape index (κ1) is 72.1. The summed E-state index contributed by atoms with van der Waals surface area (Å²) in [5.41, 5.74) is 4.72. The van der Waals surface area contributed by atoms with Crippen molar-refractivity contribution >= 4 is 39.6 Å². The molecule has 484 valence electrons. The van der Waals surface area contributed by atoms with Crippen LogP contribution in [0.1, 0.15) is 70.3 Å². The number of amides is 2. The summed E-state index contributed by atoms with van der Waals surface area (Å²) in [7, 11) is -10.8. The number of aromatic nitrogens is 2. The number of phosphoric ester groups is 2. The van der Waals surface area contributed by atoms with Crippen LogP contribution in [-0.2, 0) is 81.5 Å². The first-order chi connectivity index (χ1) is 41.8. The van der Waals surface area contributed by atoms with E-state index in [4.69, 9.17) is 61.1 Å². The van der Waals surface area contributed by atoms with Crippen LogP contribution in [0, 0.1) is 0 Å². The van der Waals surface area contributed by atoms with Crippen LogP contribution in [0.2, 0.25) is 0 Å². The second-order valence-electron chi connectivity index (χ2n) is 19.6. The molecule has 1 aromatic heterocycles. The molecule has 1 saturated carbocycles. The van der Waals surface area contributed by atoms with Crippen molar-refractivity contribution < 1.29 is 119 Å². The molecule has 1 heterocycles. The van der Waals surface area contributed by atoms with E-state index in [1.807, 2.05) is 73.7 Å².